The van der Waals surface area contributed by atoms with Crippen molar-refractivity contribution < 1.29 is 19.6 Å². The van der Waals surface area contributed by atoms with Crippen LogP contribution < -0.4 is 4.90 Å². The second kappa shape index (κ2) is 9.60. The zero-order valence-corrected chi connectivity index (χ0v) is 14.7. The fourth-order valence-corrected chi connectivity index (χ4v) is 3.27. The Kier molecular flexibility index (Phi) is 7.49. The van der Waals surface area contributed by atoms with Crippen LogP contribution in [0.2, 0.25) is 0 Å². The van der Waals surface area contributed by atoms with Crippen molar-refractivity contribution in [1.82, 2.24) is 13.8 Å². The highest BCUT2D eigenvalue weighted by Crippen LogP contribution is 2.23. The Hall–Kier alpha value is -1.83. The van der Waals surface area contributed by atoms with Crippen LogP contribution in [-0.2, 0) is 4.79 Å². The largest absolute Gasteiger partial charge is 0.367 e. The van der Waals surface area contributed by atoms with Crippen molar-refractivity contribution in [2.45, 2.75) is 13.0 Å². The summed E-state index contributed by atoms with van der Waals surface area (Å²) >= 11 is 1.08. The van der Waals surface area contributed by atoms with Gasteiger partial charge in [-0.2, -0.15) is 0 Å². The number of hydrogen-bond acceptors (Lipinski definition) is 7. The second-order valence-corrected chi connectivity index (χ2v) is 6.48. The molecule has 0 spiro atoms. The fraction of sp³-hybridized carbons (Fsp3) is 0.438. The Bertz CT molecular complexity index is 631. The number of carbonyl (C=O) groups is 1. The van der Waals surface area contributed by atoms with E-state index in [4.69, 9.17) is 0 Å². The van der Waals surface area contributed by atoms with Crippen LogP contribution in [0, 0.1) is 17.7 Å². The van der Waals surface area contributed by atoms with Crippen molar-refractivity contribution in [2.75, 3.05) is 37.6 Å². The van der Waals surface area contributed by atoms with E-state index in [0.29, 0.717) is 36.9 Å². The Balaban J connectivity index is 1.83. The number of anilines is 1. The molecular weight excluding hydrogens is 347 g/mol. The molecule has 1 heterocycles. The standard InChI is InChI=1S/C16H21FN4O3S/c1-2-5-14(20(23)13-22)12-21(24)25-19-10-8-18(9-11-19)16-7-4-3-6-15(16)17/h3-4,6-7,13-14,23-24H,8-12H2,1H3. The van der Waals surface area contributed by atoms with Gasteiger partial charge in [-0.1, -0.05) is 18.1 Å². The predicted octanol–water partition coefficient (Wildman–Crippen LogP) is 1.44. The topological polar surface area (TPSA) is 70.5 Å². The Morgan fingerprint density at radius 3 is 2.60 bits per heavy atom. The van der Waals surface area contributed by atoms with E-state index in [1.165, 1.54) is 6.07 Å². The molecule has 9 heteroatoms. The van der Waals surface area contributed by atoms with Crippen LogP contribution in [0.1, 0.15) is 6.92 Å². The highest BCUT2D eigenvalue weighted by molar-refractivity contribution is 7.94. The average Bonchev–Trinajstić information content (AvgIpc) is 2.62. The molecule has 0 aromatic heterocycles. The van der Waals surface area contributed by atoms with Gasteiger partial charge in [0.05, 0.1) is 12.2 Å². The molecule has 0 bridgehead atoms. The van der Waals surface area contributed by atoms with Crippen molar-refractivity contribution in [1.29, 1.82) is 0 Å². The molecule has 1 aromatic carbocycles. The first-order valence-corrected chi connectivity index (χ1v) is 8.52. The molecule has 25 heavy (non-hydrogen) atoms. The van der Waals surface area contributed by atoms with E-state index in [9.17, 15) is 19.6 Å². The second-order valence-electron chi connectivity index (χ2n) is 5.38. The number of halogens is 1. The van der Waals surface area contributed by atoms with Crippen molar-refractivity contribution in [3.05, 3.63) is 30.1 Å². The molecule has 7 nitrogen and oxygen atoms in total. The summed E-state index contributed by atoms with van der Waals surface area (Å²) in [4.78, 5) is 12.6. The van der Waals surface area contributed by atoms with Crippen LogP contribution in [0.15, 0.2) is 24.3 Å². The highest BCUT2D eigenvalue weighted by atomic mass is 32.2. The minimum atomic E-state index is -0.820. The lowest BCUT2D eigenvalue weighted by Crippen LogP contribution is -2.46. The van der Waals surface area contributed by atoms with Crippen LogP contribution in [0.5, 0.6) is 0 Å². The summed E-state index contributed by atoms with van der Waals surface area (Å²) in [6, 6.07) is 5.83. The predicted molar refractivity (Wildman–Crippen MR) is 93.2 cm³/mol. The summed E-state index contributed by atoms with van der Waals surface area (Å²) in [6.07, 6.45) is 0.251. The lowest BCUT2D eigenvalue weighted by molar-refractivity contribution is -0.159. The molecule has 1 atom stereocenters. The lowest BCUT2D eigenvalue weighted by atomic mass is 10.2. The lowest BCUT2D eigenvalue weighted by Gasteiger charge is -2.36. The van der Waals surface area contributed by atoms with E-state index in [2.05, 4.69) is 11.8 Å². The summed E-state index contributed by atoms with van der Waals surface area (Å²) < 4.78 is 16.7. The zero-order valence-electron chi connectivity index (χ0n) is 13.9. The SMILES string of the molecule is CC#CC(CN(O)SN1CCN(c2ccccc2F)CC1)N(O)C=O. The van der Waals surface area contributed by atoms with Gasteiger partial charge in [0, 0.05) is 38.3 Å². The Labute approximate surface area is 150 Å². The molecule has 1 fully saturated rings. The van der Waals surface area contributed by atoms with Gasteiger partial charge >= 0.3 is 0 Å². The molecule has 0 saturated carbocycles. The monoisotopic (exact) mass is 368 g/mol. The van der Waals surface area contributed by atoms with E-state index in [-0.39, 0.29) is 18.8 Å². The van der Waals surface area contributed by atoms with Gasteiger partial charge in [0.15, 0.2) is 0 Å². The molecule has 2 rings (SSSR count). The van der Waals surface area contributed by atoms with Crippen LogP contribution in [0.3, 0.4) is 0 Å². The van der Waals surface area contributed by atoms with Crippen LogP contribution >= 0.6 is 12.1 Å². The number of amides is 1. The van der Waals surface area contributed by atoms with Crippen LogP contribution in [0.25, 0.3) is 0 Å². The number of carbonyl (C=O) groups excluding carboxylic acids is 1. The summed E-state index contributed by atoms with van der Waals surface area (Å²) in [5.74, 6) is 5.01. The molecule has 0 radical (unpaired) electrons. The average molecular weight is 368 g/mol. The number of para-hydroxylation sites is 1. The molecular formula is C16H21FN4O3S. The smallest absolute Gasteiger partial charge is 0.234 e. The van der Waals surface area contributed by atoms with Crippen molar-refractivity contribution in [2.24, 2.45) is 0 Å². The van der Waals surface area contributed by atoms with Gasteiger partial charge in [-0.15, -0.1) is 10.4 Å². The van der Waals surface area contributed by atoms with Gasteiger partial charge in [0.25, 0.3) is 0 Å². The molecule has 1 aliphatic rings. The first kappa shape index (κ1) is 19.5. The van der Waals surface area contributed by atoms with Gasteiger partial charge in [-0.05, 0) is 19.1 Å². The number of benzene rings is 1. The van der Waals surface area contributed by atoms with Crippen LogP contribution in [0.4, 0.5) is 10.1 Å². The quantitative estimate of drug-likeness (QED) is 0.248. The van der Waals surface area contributed by atoms with E-state index in [1.807, 2.05) is 9.21 Å². The van der Waals surface area contributed by atoms with E-state index in [0.717, 1.165) is 16.6 Å². The van der Waals surface area contributed by atoms with Gasteiger partial charge in [0.1, 0.15) is 11.9 Å². The maximum absolute atomic E-state index is 13.8. The third-order valence-corrected chi connectivity index (χ3v) is 4.64. The Morgan fingerprint density at radius 2 is 2.00 bits per heavy atom. The molecule has 1 amide bonds. The van der Waals surface area contributed by atoms with Gasteiger partial charge < -0.3 is 10.1 Å². The third-order valence-electron chi connectivity index (χ3n) is 3.71. The van der Waals surface area contributed by atoms with Gasteiger partial charge in [-0.3, -0.25) is 10.0 Å². The molecule has 1 aromatic rings. The molecule has 1 unspecified atom stereocenters. The number of piperazine rings is 1. The van der Waals surface area contributed by atoms with Gasteiger partial charge in [0.2, 0.25) is 6.41 Å². The molecule has 136 valence electrons. The van der Waals surface area contributed by atoms with Crippen molar-refractivity contribution >= 4 is 24.2 Å². The number of hydroxylamine groups is 3. The fourth-order valence-electron chi connectivity index (χ4n) is 2.47. The van der Waals surface area contributed by atoms with Crippen molar-refractivity contribution in [3.8, 4) is 11.8 Å². The van der Waals surface area contributed by atoms with Crippen LogP contribution in [-0.4, -0.2) is 69.4 Å². The molecule has 1 saturated heterocycles. The number of rotatable bonds is 7. The number of hydrogen-bond donors (Lipinski definition) is 2. The third kappa shape index (κ3) is 5.59. The number of nitrogens with zero attached hydrogens (tertiary/aromatic N) is 4. The maximum Gasteiger partial charge on any atom is 0.234 e. The van der Waals surface area contributed by atoms with E-state index < -0.39 is 6.04 Å². The molecule has 1 aliphatic heterocycles. The minimum Gasteiger partial charge on any atom is -0.367 e. The van der Waals surface area contributed by atoms with E-state index in [1.54, 1.807) is 25.1 Å². The Morgan fingerprint density at radius 1 is 1.32 bits per heavy atom. The van der Waals surface area contributed by atoms with E-state index >= 15 is 0 Å². The summed E-state index contributed by atoms with van der Waals surface area (Å²) in [5.41, 5.74) is 0.577. The first-order chi connectivity index (χ1) is 12.0. The summed E-state index contributed by atoms with van der Waals surface area (Å²) in [5, 5.41) is 19.9. The highest BCUT2D eigenvalue weighted by Gasteiger charge is 2.23. The van der Waals surface area contributed by atoms with Crippen molar-refractivity contribution in [3.63, 3.8) is 0 Å². The molecule has 2 N–H and O–H groups in total. The summed E-state index contributed by atoms with van der Waals surface area (Å²) in [7, 11) is 0. The normalized spacial score (nSPS) is 16.3. The molecule has 0 aliphatic carbocycles. The van der Waals surface area contributed by atoms with Gasteiger partial charge in [-0.25, -0.2) is 13.8 Å². The zero-order chi connectivity index (χ0) is 18.2. The maximum atomic E-state index is 13.8. The minimum absolute atomic E-state index is 0.0335. The summed E-state index contributed by atoms with van der Waals surface area (Å²) in [6.45, 7) is 4.05. The first-order valence-electron chi connectivity index (χ1n) is 7.79.